The number of aliphatic carboxylic acids is 1. The van der Waals surface area contributed by atoms with Crippen LogP contribution in [0.15, 0.2) is 54.6 Å². The molecule has 0 spiro atoms. The number of aryl methyl sites for hydroxylation is 2. The van der Waals surface area contributed by atoms with Crippen LogP contribution in [-0.2, 0) is 24.4 Å². The predicted molar refractivity (Wildman–Crippen MR) is 156 cm³/mol. The van der Waals surface area contributed by atoms with Gasteiger partial charge in [-0.05, 0) is 62.1 Å². The molecule has 0 saturated carbocycles. The average molecular weight is 570 g/mol. The maximum atomic E-state index is 12.0. The van der Waals surface area contributed by atoms with Crippen LogP contribution in [0.4, 0.5) is 0 Å². The number of carboxylic acid groups (broad SMARTS) is 1. The molecule has 206 valence electrons. The summed E-state index contributed by atoms with van der Waals surface area (Å²) in [5.74, 6) is -0.370. The highest BCUT2D eigenvalue weighted by atomic mass is 35.5. The molecule has 1 N–H and O–H groups in total. The fraction of sp³-hybridized carbons (Fsp3) is 0.367. The molecule has 0 amide bonds. The maximum absolute atomic E-state index is 12.0. The van der Waals surface area contributed by atoms with Crippen molar-refractivity contribution in [3.63, 3.8) is 0 Å². The summed E-state index contributed by atoms with van der Waals surface area (Å²) >= 11 is 6.83. The summed E-state index contributed by atoms with van der Waals surface area (Å²) in [5.41, 5.74) is 6.23. The minimum Gasteiger partial charge on any atom is -0.486 e. The molecule has 1 atom stereocenters. The van der Waals surface area contributed by atoms with Gasteiger partial charge in [-0.15, -0.1) is 17.5 Å². The number of hydrogen-bond acceptors (Lipinski definition) is 5. The maximum Gasteiger partial charge on any atom is 0.304 e. The van der Waals surface area contributed by atoms with Crippen LogP contribution < -0.4 is 4.74 Å². The summed E-state index contributed by atoms with van der Waals surface area (Å²) in [6, 6.07) is 18.3. The number of para-hydroxylation sites is 1. The molecular formula is C30H34Cl2N4O3. The van der Waals surface area contributed by atoms with E-state index in [9.17, 15) is 9.90 Å². The summed E-state index contributed by atoms with van der Waals surface area (Å²) in [5, 5.41) is 18.7. The molecule has 0 bridgehead atoms. The van der Waals surface area contributed by atoms with E-state index in [4.69, 9.17) is 16.3 Å². The number of benzene rings is 3. The van der Waals surface area contributed by atoms with Crippen molar-refractivity contribution in [2.24, 2.45) is 0 Å². The second kappa shape index (κ2) is 11.5. The van der Waals surface area contributed by atoms with Crippen LogP contribution in [0, 0.1) is 6.92 Å². The van der Waals surface area contributed by atoms with E-state index in [1.165, 1.54) is 0 Å². The molecule has 3 aromatic carbocycles. The van der Waals surface area contributed by atoms with Crippen molar-refractivity contribution in [3.05, 3.63) is 87.4 Å². The highest BCUT2D eigenvalue weighted by molar-refractivity contribution is 6.35. The van der Waals surface area contributed by atoms with Gasteiger partial charge < -0.3 is 9.84 Å². The quantitative estimate of drug-likeness (QED) is 0.270. The second-order valence-corrected chi connectivity index (χ2v) is 11.1. The van der Waals surface area contributed by atoms with Crippen molar-refractivity contribution in [1.29, 1.82) is 0 Å². The number of ether oxygens (including phenoxy) is 1. The second-order valence-electron chi connectivity index (χ2n) is 10.7. The van der Waals surface area contributed by atoms with Crippen LogP contribution in [0.1, 0.15) is 60.9 Å². The van der Waals surface area contributed by atoms with Crippen LogP contribution in [-0.4, -0.2) is 43.1 Å². The van der Waals surface area contributed by atoms with Crippen LogP contribution in [0.2, 0.25) is 5.02 Å². The Morgan fingerprint density at radius 2 is 1.95 bits per heavy atom. The monoisotopic (exact) mass is 568 g/mol. The van der Waals surface area contributed by atoms with Crippen molar-refractivity contribution in [1.82, 2.24) is 19.9 Å². The van der Waals surface area contributed by atoms with Gasteiger partial charge in [0.05, 0.1) is 17.0 Å². The minimum atomic E-state index is -0.881. The van der Waals surface area contributed by atoms with E-state index in [0.29, 0.717) is 17.1 Å². The van der Waals surface area contributed by atoms with Gasteiger partial charge in [-0.2, -0.15) is 0 Å². The molecule has 1 aromatic heterocycles. The highest BCUT2D eigenvalue weighted by Crippen LogP contribution is 2.38. The number of halogens is 2. The highest BCUT2D eigenvalue weighted by Gasteiger charge is 2.30. The molecule has 9 heteroatoms. The number of hydrogen-bond donors (Lipinski definition) is 1. The van der Waals surface area contributed by atoms with Crippen molar-refractivity contribution in [3.8, 4) is 5.75 Å². The van der Waals surface area contributed by atoms with Gasteiger partial charge in [0.15, 0.2) is 0 Å². The lowest BCUT2D eigenvalue weighted by molar-refractivity contribution is -0.137. The summed E-state index contributed by atoms with van der Waals surface area (Å²) in [6.07, 6.45) is -0.0758. The van der Waals surface area contributed by atoms with E-state index >= 15 is 0 Å². The Morgan fingerprint density at radius 3 is 2.69 bits per heavy atom. The van der Waals surface area contributed by atoms with Gasteiger partial charge in [0.2, 0.25) is 0 Å². The van der Waals surface area contributed by atoms with Crippen LogP contribution in [0.25, 0.3) is 11.0 Å². The predicted octanol–water partition coefficient (Wildman–Crippen LogP) is 6.61. The lowest BCUT2D eigenvalue weighted by Crippen LogP contribution is -2.40. The van der Waals surface area contributed by atoms with Gasteiger partial charge in [0.25, 0.3) is 0 Å². The van der Waals surface area contributed by atoms with Crippen LogP contribution in [0.5, 0.6) is 5.75 Å². The summed E-state index contributed by atoms with van der Waals surface area (Å²) in [4.78, 5) is 14.4. The van der Waals surface area contributed by atoms with Crippen LogP contribution in [0.3, 0.4) is 0 Å². The third-order valence-electron chi connectivity index (χ3n) is 7.24. The van der Waals surface area contributed by atoms with Gasteiger partial charge >= 0.3 is 5.97 Å². The first-order chi connectivity index (χ1) is 18.1. The van der Waals surface area contributed by atoms with E-state index in [-0.39, 0.29) is 24.4 Å². The molecule has 7 nitrogen and oxygen atoms in total. The molecule has 5 rings (SSSR count). The smallest absolute Gasteiger partial charge is 0.304 e. The third kappa shape index (κ3) is 6.06. The molecular weight excluding hydrogens is 535 g/mol. The normalized spacial score (nSPS) is 15.6. The van der Waals surface area contributed by atoms with Gasteiger partial charge in [-0.3, -0.25) is 9.69 Å². The molecule has 0 aliphatic carbocycles. The zero-order valence-corrected chi connectivity index (χ0v) is 24.2. The van der Waals surface area contributed by atoms with Gasteiger partial charge in [-0.25, -0.2) is 4.68 Å². The average Bonchev–Trinajstić information content (AvgIpc) is 3.23. The zero-order valence-electron chi connectivity index (χ0n) is 22.6. The van der Waals surface area contributed by atoms with E-state index in [0.717, 1.165) is 58.7 Å². The van der Waals surface area contributed by atoms with E-state index in [1.54, 1.807) is 4.68 Å². The molecule has 39 heavy (non-hydrogen) atoms. The van der Waals surface area contributed by atoms with E-state index in [2.05, 4.69) is 54.2 Å². The number of fused-ring (bicyclic) bond motifs is 2. The fourth-order valence-electron chi connectivity index (χ4n) is 5.44. The summed E-state index contributed by atoms with van der Waals surface area (Å²) < 4.78 is 8.11. The van der Waals surface area contributed by atoms with Crippen molar-refractivity contribution in [2.75, 3.05) is 6.54 Å². The first kappa shape index (κ1) is 28.9. The lowest BCUT2D eigenvalue weighted by atomic mass is 9.86. The summed E-state index contributed by atoms with van der Waals surface area (Å²) in [6.45, 7) is 11.3. The number of carboxylic acids is 1. The fourth-order valence-corrected chi connectivity index (χ4v) is 5.76. The largest absolute Gasteiger partial charge is 0.486 e. The Labute approximate surface area is 240 Å². The standard InChI is InChI=1S/C30H33ClN4O3.ClH/c1-5-35-25-13-12-23(28(31)29(25)32-33-35)24(15-27(36)37)20-11-10-19(2)22(14-20)17-34-16-21-8-6-7-9-26(21)38-30(3,4)18-34;/h6-14,24H,5,15-18H2,1-4H3,(H,36,37);1H/t24-;/m0./s1. The van der Waals surface area contributed by atoms with Gasteiger partial charge in [0.1, 0.15) is 16.9 Å². The van der Waals surface area contributed by atoms with Crippen LogP contribution >= 0.6 is 24.0 Å². The zero-order chi connectivity index (χ0) is 27.0. The van der Waals surface area contributed by atoms with Crippen molar-refractivity contribution >= 4 is 41.0 Å². The first-order valence-electron chi connectivity index (χ1n) is 13.0. The Bertz CT molecular complexity index is 1500. The van der Waals surface area contributed by atoms with Crippen molar-refractivity contribution < 1.29 is 14.6 Å². The van der Waals surface area contributed by atoms with Crippen molar-refractivity contribution in [2.45, 2.75) is 65.3 Å². The third-order valence-corrected chi connectivity index (χ3v) is 7.63. The number of nitrogens with zero attached hydrogens (tertiary/aromatic N) is 4. The number of rotatable bonds is 7. The molecule has 0 unspecified atom stereocenters. The molecule has 0 fully saturated rings. The van der Waals surface area contributed by atoms with E-state index < -0.39 is 11.9 Å². The molecule has 0 radical (unpaired) electrons. The topological polar surface area (TPSA) is 80.5 Å². The summed E-state index contributed by atoms with van der Waals surface area (Å²) in [7, 11) is 0. The Kier molecular flexibility index (Phi) is 8.54. The Morgan fingerprint density at radius 1 is 1.18 bits per heavy atom. The number of carbonyl (C=O) groups is 1. The van der Waals surface area contributed by atoms with Gasteiger partial charge in [0, 0.05) is 37.7 Å². The number of aromatic nitrogens is 3. The first-order valence-corrected chi connectivity index (χ1v) is 13.3. The molecule has 4 aromatic rings. The SMILES string of the molecule is CCn1nnc2c(Cl)c([C@@H](CC(=O)O)c3ccc(C)c(CN4Cc5ccccc5OC(C)(C)C4)c3)ccc21.Cl. The minimum absolute atomic E-state index is 0. The molecule has 2 heterocycles. The van der Waals surface area contributed by atoms with Gasteiger partial charge in [-0.1, -0.05) is 59.3 Å². The molecule has 1 aliphatic rings. The Balaban J connectivity index is 0.00000353. The lowest BCUT2D eigenvalue weighted by Gasteiger charge is -2.30. The Hall–Kier alpha value is -3.13. The molecule has 1 aliphatic heterocycles. The van der Waals surface area contributed by atoms with E-state index in [1.807, 2.05) is 43.3 Å². The molecule has 0 saturated heterocycles.